The largest absolute Gasteiger partial charge is 0.330 e. The van der Waals surface area contributed by atoms with Gasteiger partial charge >= 0.3 is 0 Å². The van der Waals surface area contributed by atoms with Gasteiger partial charge in [0.2, 0.25) is 5.91 Å². The highest BCUT2D eigenvalue weighted by Gasteiger charge is 2.07. The predicted octanol–water partition coefficient (Wildman–Crippen LogP) is 2.73. The fraction of sp³-hybridized carbons (Fsp3) is 0.500. The lowest BCUT2D eigenvalue weighted by molar-refractivity contribution is -0.116. The van der Waals surface area contributed by atoms with Gasteiger partial charge in [0, 0.05) is 12.1 Å². The molecule has 0 fully saturated rings. The first kappa shape index (κ1) is 13.7. The molecule has 94 valence electrons. The lowest BCUT2D eigenvalue weighted by atomic mass is 10.0. The Morgan fingerprint density at radius 1 is 1.24 bits per heavy atom. The van der Waals surface area contributed by atoms with Gasteiger partial charge in [0.1, 0.15) is 0 Å². The SMILES string of the molecule is CC(CN)CC(=O)Nc1ccc(C(C)C)cc1. The van der Waals surface area contributed by atoms with Crippen LogP contribution in [0, 0.1) is 5.92 Å². The maximum absolute atomic E-state index is 11.6. The molecule has 0 spiro atoms. The summed E-state index contributed by atoms with van der Waals surface area (Å²) < 4.78 is 0. The van der Waals surface area contributed by atoms with Crippen molar-refractivity contribution in [2.45, 2.75) is 33.1 Å². The van der Waals surface area contributed by atoms with Crippen molar-refractivity contribution in [3.05, 3.63) is 29.8 Å². The number of amides is 1. The van der Waals surface area contributed by atoms with Crippen molar-refractivity contribution in [1.29, 1.82) is 0 Å². The Balaban J connectivity index is 2.54. The van der Waals surface area contributed by atoms with Gasteiger partial charge in [0.05, 0.1) is 0 Å². The third-order valence-corrected chi connectivity index (χ3v) is 2.80. The summed E-state index contributed by atoms with van der Waals surface area (Å²) in [4.78, 5) is 11.6. The van der Waals surface area contributed by atoms with Gasteiger partial charge in [-0.15, -0.1) is 0 Å². The Morgan fingerprint density at radius 3 is 2.29 bits per heavy atom. The third kappa shape index (κ3) is 4.57. The van der Waals surface area contributed by atoms with Gasteiger partial charge in [0.25, 0.3) is 0 Å². The van der Waals surface area contributed by atoms with Gasteiger partial charge in [0.15, 0.2) is 0 Å². The first-order chi connectivity index (χ1) is 8.02. The summed E-state index contributed by atoms with van der Waals surface area (Å²) in [5.74, 6) is 0.766. The van der Waals surface area contributed by atoms with Crippen LogP contribution in [-0.4, -0.2) is 12.5 Å². The van der Waals surface area contributed by atoms with Crippen LogP contribution in [0.2, 0.25) is 0 Å². The first-order valence-electron chi connectivity index (χ1n) is 6.12. The molecule has 0 heterocycles. The molecule has 17 heavy (non-hydrogen) atoms. The number of rotatable bonds is 5. The second kappa shape index (κ2) is 6.40. The lowest BCUT2D eigenvalue weighted by Crippen LogP contribution is -2.20. The number of benzene rings is 1. The van der Waals surface area contributed by atoms with Crippen molar-refractivity contribution in [1.82, 2.24) is 0 Å². The van der Waals surface area contributed by atoms with Crippen LogP contribution in [0.5, 0.6) is 0 Å². The van der Waals surface area contributed by atoms with Crippen molar-refractivity contribution in [3.63, 3.8) is 0 Å². The van der Waals surface area contributed by atoms with E-state index in [1.54, 1.807) is 0 Å². The molecule has 0 aromatic heterocycles. The third-order valence-electron chi connectivity index (χ3n) is 2.80. The van der Waals surface area contributed by atoms with E-state index in [0.29, 0.717) is 18.9 Å². The minimum atomic E-state index is 0.0280. The Morgan fingerprint density at radius 2 is 1.82 bits per heavy atom. The summed E-state index contributed by atoms with van der Waals surface area (Å²) in [6.45, 7) is 6.81. The number of anilines is 1. The normalized spacial score (nSPS) is 12.5. The zero-order valence-corrected chi connectivity index (χ0v) is 10.9. The number of nitrogens with two attached hydrogens (primary N) is 1. The quantitative estimate of drug-likeness (QED) is 0.823. The maximum atomic E-state index is 11.6. The van der Waals surface area contributed by atoms with Crippen LogP contribution in [-0.2, 0) is 4.79 Å². The number of hydrogen-bond donors (Lipinski definition) is 2. The molecular formula is C14H22N2O. The Hall–Kier alpha value is -1.35. The van der Waals surface area contributed by atoms with Gasteiger partial charge in [-0.2, -0.15) is 0 Å². The van der Waals surface area contributed by atoms with Gasteiger partial charge in [-0.3, -0.25) is 4.79 Å². The highest BCUT2D eigenvalue weighted by Crippen LogP contribution is 2.17. The van der Waals surface area contributed by atoms with E-state index in [1.165, 1.54) is 5.56 Å². The fourth-order valence-electron chi connectivity index (χ4n) is 1.56. The molecule has 3 nitrogen and oxygen atoms in total. The zero-order valence-electron chi connectivity index (χ0n) is 10.9. The molecule has 1 rings (SSSR count). The lowest BCUT2D eigenvalue weighted by Gasteiger charge is -2.10. The number of carbonyl (C=O) groups excluding carboxylic acids is 1. The molecule has 0 aliphatic heterocycles. The summed E-state index contributed by atoms with van der Waals surface area (Å²) >= 11 is 0. The van der Waals surface area contributed by atoms with Gasteiger partial charge < -0.3 is 11.1 Å². The first-order valence-corrected chi connectivity index (χ1v) is 6.12. The summed E-state index contributed by atoms with van der Waals surface area (Å²) in [6.07, 6.45) is 0.475. The second-order valence-corrected chi connectivity index (χ2v) is 4.87. The Bertz CT molecular complexity index is 357. The molecule has 0 saturated carbocycles. The molecule has 0 radical (unpaired) electrons. The van der Waals surface area contributed by atoms with Crippen molar-refractivity contribution in [3.8, 4) is 0 Å². The highest BCUT2D eigenvalue weighted by molar-refractivity contribution is 5.90. The molecule has 1 aromatic rings. The molecule has 1 atom stereocenters. The minimum Gasteiger partial charge on any atom is -0.330 e. The van der Waals surface area contributed by atoms with Crippen LogP contribution in [0.25, 0.3) is 0 Å². The maximum Gasteiger partial charge on any atom is 0.224 e. The summed E-state index contributed by atoms with van der Waals surface area (Å²) in [5.41, 5.74) is 7.61. The smallest absolute Gasteiger partial charge is 0.224 e. The van der Waals surface area contributed by atoms with Crippen LogP contribution in [0.4, 0.5) is 5.69 Å². The fourth-order valence-corrected chi connectivity index (χ4v) is 1.56. The minimum absolute atomic E-state index is 0.0280. The molecule has 0 aliphatic carbocycles. The molecule has 3 heteroatoms. The van der Waals surface area contributed by atoms with Crippen molar-refractivity contribution >= 4 is 11.6 Å². The average molecular weight is 234 g/mol. The van der Waals surface area contributed by atoms with Crippen LogP contribution in [0.1, 0.15) is 38.7 Å². The van der Waals surface area contributed by atoms with Crippen LogP contribution in [0.3, 0.4) is 0 Å². The van der Waals surface area contributed by atoms with Crippen LogP contribution < -0.4 is 11.1 Å². The van der Waals surface area contributed by atoms with E-state index in [4.69, 9.17) is 5.73 Å². The summed E-state index contributed by atoms with van der Waals surface area (Å²) in [6, 6.07) is 7.99. The monoisotopic (exact) mass is 234 g/mol. The van der Waals surface area contributed by atoms with Gasteiger partial charge in [-0.25, -0.2) is 0 Å². The van der Waals surface area contributed by atoms with Crippen molar-refractivity contribution in [2.75, 3.05) is 11.9 Å². The van der Waals surface area contributed by atoms with E-state index in [2.05, 4.69) is 19.2 Å². The van der Waals surface area contributed by atoms with E-state index in [-0.39, 0.29) is 11.8 Å². The van der Waals surface area contributed by atoms with E-state index in [1.807, 2.05) is 31.2 Å². The summed E-state index contributed by atoms with van der Waals surface area (Å²) in [7, 11) is 0. The molecule has 0 saturated heterocycles. The van der Waals surface area contributed by atoms with Crippen molar-refractivity contribution in [2.24, 2.45) is 11.7 Å². The average Bonchev–Trinajstić information content (AvgIpc) is 2.29. The van der Waals surface area contributed by atoms with Gasteiger partial charge in [-0.1, -0.05) is 32.9 Å². The van der Waals surface area contributed by atoms with E-state index < -0.39 is 0 Å². The number of hydrogen-bond acceptors (Lipinski definition) is 2. The topological polar surface area (TPSA) is 55.1 Å². The molecule has 1 aromatic carbocycles. The number of carbonyl (C=O) groups is 1. The number of nitrogens with one attached hydrogen (secondary N) is 1. The molecular weight excluding hydrogens is 212 g/mol. The molecule has 3 N–H and O–H groups in total. The van der Waals surface area contributed by atoms with Crippen LogP contribution in [0.15, 0.2) is 24.3 Å². The van der Waals surface area contributed by atoms with E-state index in [9.17, 15) is 4.79 Å². The van der Waals surface area contributed by atoms with E-state index >= 15 is 0 Å². The summed E-state index contributed by atoms with van der Waals surface area (Å²) in [5, 5.41) is 2.88. The molecule has 1 unspecified atom stereocenters. The Kier molecular flexibility index (Phi) is 5.16. The van der Waals surface area contributed by atoms with Crippen LogP contribution >= 0.6 is 0 Å². The molecule has 1 amide bonds. The second-order valence-electron chi connectivity index (χ2n) is 4.87. The van der Waals surface area contributed by atoms with Gasteiger partial charge in [-0.05, 0) is 36.1 Å². The predicted molar refractivity (Wildman–Crippen MR) is 72.0 cm³/mol. The molecule has 0 bridgehead atoms. The Labute approximate surface area is 103 Å². The highest BCUT2D eigenvalue weighted by atomic mass is 16.1. The van der Waals surface area contributed by atoms with E-state index in [0.717, 1.165) is 5.69 Å². The standard InChI is InChI=1S/C14H22N2O/c1-10(2)12-4-6-13(7-5-12)16-14(17)8-11(3)9-15/h4-7,10-11H,8-9,15H2,1-3H3,(H,16,17). The molecule has 0 aliphatic rings. The van der Waals surface area contributed by atoms with Crippen molar-refractivity contribution < 1.29 is 4.79 Å². The zero-order chi connectivity index (χ0) is 12.8.